The van der Waals surface area contributed by atoms with Crippen molar-refractivity contribution < 1.29 is 15.0 Å². The van der Waals surface area contributed by atoms with Crippen LogP contribution in [0.25, 0.3) is 0 Å². The van der Waals surface area contributed by atoms with Gasteiger partial charge in [0, 0.05) is 12.6 Å². The third kappa shape index (κ3) is 2.42. The number of carboxylic acid groups (broad SMARTS) is 1. The molecule has 0 aromatic heterocycles. The number of rotatable bonds is 4. The van der Waals surface area contributed by atoms with Gasteiger partial charge in [0.05, 0.1) is 12.5 Å². The van der Waals surface area contributed by atoms with Crippen LogP contribution in [0, 0.1) is 5.92 Å². The molecule has 4 heteroatoms. The number of carboxylic acids is 1. The van der Waals surface area contributed by atoms with E-state index in [9.17, 15) is 4.79 Å². The molecule has 76 valence electrons. The van der Waals surface area contributed by atoms with Crippen molar-refractivity contribution in [2.24, 2.45) is 5.92 Å². The monoisotopic (exact) mass is 187 g/mol. The van der Waals surface area contributed by atoms with E-state index in [2.05, 4.69) is 0 Å². The number of hydrogen-bond acceptors (Lipinski definition) is 3. The topological polar surface area (TPSA) is 60.8 Å². The molecule has 0 aromatic rings. The van der Waals surface area contributed by atoms with Crippen LogP contribution in [0.15, 0.2) is 0 Å². The molecule has 2 N–H and O–H groups in total. The van der Waals surface area contributed by atoms with Crippen molar-refractivity contribution in [3.63, 3.8) is 0 Å². The number of nitrogens with zero attached hydrogens (tertiary/aromatic N) is 1. The highest BCUT2D eigenvalue weighted by Crippen LogP contribution is 2.29. The van der Waals surface area contributed by atoms with Gasteiger partial charge in [-0.15, -0.1) is 0 Å². The molecular weight excluding hydrogens is 170 g/mol. The van der Waals surface area contributed by atoms with Crippen LogP contribution in [0.4, 0.5) is 0 Å². The Morgan fingerprint density at radius 2 is 2.23 bits per heavy atom. The average molecular weight is 187 g/mol. The lowest BCUT2D eigenvalue weighted by atomic mass is 10.0. The van der Waals surface area contributed by atoms with E-state index < -0.39 is 5.97 Å². The van der Waals surface area contributed by atoms with E-state index in [0.29, 0.717) is 6.54 Å². The second-order valence-corrected chi connectivity index (χ2v) is 3.65. The van der Waals surface area contributed by atoms with E-state index in [4.69, 9.17) is 10.2 Å². The van der Waals surface area contributed by atoms with Crippen LogP contribution in [-0.4, -0.2) is 47.3 Å². The van der Waals surface area contributed by atoms with Gasteiger partial charge in [-0.3, -0.25) is 4.79 Å². The molecule has 1 rings (SSSR count). The van der Waals surface area contributed by atoms with Gasteiger partial charge in [-0.25, -0.2) is 0 Å². The lowest BCUT2D eigenvalue weighted by Crippen LogP contribution is -2.39. The van der Waals surface area contributed by atoms with Crippen molar-refractivity contribution in [3.05, 3.63) is 0 Å². The Labute approximate surface area is 78.2 Å². The summed E-state index contributed by atoms with van der Waals surface area (Å²) in [5, 5.41) is 17.6. The molecule has 0 bridgehead atoms. The number of carbonyl (C=O) groups is 1. The minimum Gasteiger partial charge on any atom is -0.481 e. The summed E-state index contributed by atoms with van der Waals surface area (Å²) in [6.07, 6.45) is 2.70. The summed E-state index contributed by atoms with van der Waals surface area (Å²) in [7, 11) is 1.88. The molecule has 1 fully saturated rings. The Bertz CT molecular complexity index is 184. The first-order valence-corrected chi connectivity index (χ1v) is 4.70. The summed E-state index contributed by atoms with van der Waals surface area (Å²) in [5.41, 5.74) is 0. The van der Waals surface area contributed by atoms with Gasteiger partial charge >= 0.3 is 5.97 Å². The molecule has 0 aromatic carbocycles. The molecule has 0 amide bonds. The normalized spacial score (nSPS) is 28.2. The predicted molar refractivity (Wildman–Crippen MR) is 48.5 cm³/mol. The fourth-order valence-electron chi connectivity index (χ4n) is 2.08. The minimum atomic E-state index is -0.702. The highest BCUT2D eigenvalue weighted by molar-refractivity contribution is 5.71. The summed E-state index contributed by atoms with van der Waals surface area (Å²) in [4.78, 5) is 12.8. The fourth-order valence-corrected chi connectivity index (χ4v) is 2.08. The van der Waals surface area contributed by atoms with Crippen molar-refractivity contribution in [2.75, 3.05) is 20.2 Å². The van der Waals surface area contributed by atoms with E-state index in [-0.39, 0.29) is 18.6 Å². The van der Waals surface area contributed by atoms with Gasteiger partial charge in [0.1, 0.15) is 0 Å². The molecule has 0 heterocycles. The van der Waals surface area contributed by atoms with Crippen molar-refractivity contribution in [1.29, 1.82) is 0 Å². The Kier molecular flexibility index (Phi) is 3.69. The maximum atomic E-state index is 10.8. The highest BCUT2D eigenvalue weighted by Gasteiger charge is 2.34. The van der Waals surface area contributed by atoms with Gasteiger partial charge in [0.2, 0.25) is 0 Å². The van der Waals surface area contributed by atoms with E-state index in [1.807, 2.05) is 11.9 Å². The van der Waals surface area contributed by atoms with Gasteiger partial charge in [0.15, 0.2) is 0 Å². The summed E-state index contributed by atoms with van der Waals surface area (Å²) in [6.45, 7) is 0.661. The number of aliphatic carboxylic acids is 1. The highest BCUT2D eigenvalue weighted by atomic mass is 16.4. The van der Waals surface area contributed by atoms with E-state index in [0.717, 1.165) is 19.3 Å². The molecule has 0 aliphatic heterocycles. The Morgan fingerprint density at radius 1 is 1.54 bits per heavy atom. The molecule has 4 nitrogen and oxygen atoms in total. The maximum absolute atomic E-state index is 10.8. The molecule has 2 atom stereocenters. The second-order valence-electron chi connectivity index (χ2n) is 3.65. The van der Waals surface area contributed by atoms with Crippen LogP contribution in [0.2, 0.25) is 0 Å². The molecular formula is C9H17NO3. The van der Waals surface area contributed by atoms with Crippen molar-refractivity contribution in [2.45, 2.75) is 25.3 Å². The van der Waals surface area contributed by atoms with Gasteiger partial charge in [-0.05, 0) is 19.9 Å². The Morgan fingerprint density at radius 3 is 2.77 bits per heavy atom. The number of aliphatic hydroxyl groups is 1. The first kappa shape index (κ1) is 10.5. The van der Waals surface area contributed by atoms with E-state index in [1.165, 1.54) is 0 Å². The zero-order chi connectivity index (χ0) is 9.84. The van der Waals surface area contributed by atoms with Crippen LogP contribution in [-0.2, 0) is 4.79 Å². The van der Waals surface area contributed by atoms with Crippen LogP contribution >= 0.6 is 0 Å². The number of aliphatic hydroxyl groups excluding tert-OH is 1. The molecule has 1 saturated carbocycles. The molecule has 0 radical (unpaired) electrons. The molecule has 1 aliphatic rings. The smallest absolute Gasteiger partial charge is 0.308 e. The van der Waals surface area contributed by atoms with Crippen LogP contribution in [0.3, 0.4) is 0 Å². The summed E-state index contributed by atoms with van der Waals surface area (Å²) in [5.74, 6) is -0.941. The van der Waals surface area contributed by atoms with Gasteiger partial charge in [-0.2, -0.15) is 0 Å². The second kappa shape index (κ2) is 4.58. The van der Waals surface area contributed by atoms with Gasteiger partial charge in [-0.1, -0.05) is 6.42 Å². The Hall–Kier alpha value is -0.610. The summed E-state index contributed by atoms with van der Waals surface area (Å²) in [6, 6.07) is 0.115. The van der Waals surface area contributed by atoms with Gasteiger partial charge < -0.3 is 15.1 Å². The van der Waals surface area contributed by atoms with Crippen LogP contribution in [0.5, 0.6) is 0 Å². The molecule has 0 saturated heterocycles. The fraction of sp³-hybridized carbons (Fsp3) is 0.889. The van der Waals surface area contributed by atoms with Crippen molar-refractivity contribution in [3.8, 4) is 0 Å². The van der Waals surface area contributed by atoms with Gasteiger partial charge in [0.25, 0.3) is 0 Å². The maximum Gasteiger partial charge on any atom is 0.308 e. The predicted octanol–water partition coefficient (Wildman–Crippen LogP) is 0.164. The summed E-state index contributed by atoms with van der Waals surface area (Å²) >= 11 is 0. The first-order valence-electron chi connectivity index (χ1n) is 4.70. The van der Waals surface area contributed by atoms with E-state index in [1.54, 1.807) is 0 Å². The zero-order valence-electron chi connectivity index (χ0n) is 7.94. The standard InChI is InChI=1S/C9H17NO3/c1-10(5-6-11)8-4-2-3-7(8)9(12)13/h7-8,11H,2-6H2,1H3,(H,12,13). The number of hydrogen-bond donors (Lipinski definition) is 2. The lowest BCUT2D eigenvalue weighted by molar-refractivity contribution is -0.143. The molecule has 2 unspecified atom stereocenters. The molecule has 13 heavy (non-hydrogen) atoms. The number of likely N-dealkylation sites (N-methyl/N-ethyl adjacent to an activating group) is 1. The molecule has 0 spiro atoms. The third-order valence-corrected chi connectivity index (χ3v) is 2.82. The largest absolute Gasteiger partial charge is 0.481 e. The molecule has 1 aliphatic carbocycles. The quantitative estimate of drug-likeness (QED) is 0.658. The van der Waals surface area contributed by atoms with Crippen molar-refractivity contribution >= 4 is 5.97 Å². The average Bonchev–Trinajstić information content (AvgIpc) is 2.52. The zero-order valence-corrected chi connectivity index (χ0v) is 7.94. The van der Waals surface area contributed by atoms with Crippen LogP contribution < -0.4 is 0 Å². The first-order chi connectivity index (χ1) is 6.16. The SMILES string of the molecule is CN(CCO)C1CCCC1C(=O)O. The Balaban J connectivity index is 2.52. The van der Waals surface area contributed by atoms with E-state index >= 15 is 0 Å². The third-order valence-electron chi connectivity index (χ3n) is 2.82. The minimum absolute atomic E-state index is 0.0966. The van der Waals surface area contributed by atoms with Crippen molar-refractivity contribution in [1.82, 2.24) is 4.90 Å². The summed E-state index contributed by atoms with van der Waals surface area (Å²) < 4.78 is 0. The lowest BCUT2D eigenvalue weighted by Gasteiger charge is -2.26. The van der Waals surface area contributed by atoms with Crippen LogP contribution in [0.1, 0.15) is 19.3 Å².